The van der Waals surface area contributed by atoms with Gasteiger partial charge in [0.2, 0.25) is 0 Å². The van der Waals surface area contributed by atoms with Gasteiger partial charge in [-0.05, 0) is 30.4 Å². The van der Waals surface area contributed by atoms with Crippen LogP contribution in [0.3, 0.4) is 0 Å². The smallest absolute Gasteiger partial charge is 0.186 e. The molecule has 1 aliphatic rings. The van der Waals surface area contributed by atoms with Crippen molar-refractivity contribution in [2.45, 2.75) is 39.5 Å². The maximum atomic E-state index is 13.0. The van der Waals surface area contributed by atoms with Crippen LogP contribution in [0.25, 0.3) is 5.69 Å². The number of hydrogen-bond donors (Lipinski definition) is 0. The fourth-order valence-corrected chi connectivity index (χ4v) is 3.32. The molecule has 1 aromatic carbocycles. The maximum absolute atomic E-state index is 13.0. The zero-order chi connectivity index (χ0) is 14.9. The molecule has 0 N–H and O–H groups in total. The minimum atomic E-state index is 0.0567. The van der Waals surface area contributed by atoms with Gasteiger partial charge < -0.3 is 0 Å². The molecule has 3 rings (SSSR count). The molecule has 4 nitrogen and oxygen atoms in total. The molecule has 0 radical (unpaired) electrons. The number of para-hydroxylation sites is 1. The number of carbonyl (C=O) groups excluding carboxylic acids is 1. The standard InChI is InChI=1S/C17H21N3O/c1-17(2)11-7-6-10-14(17)16(21)15-12-18-19-20(15)13-8-4-3-5-9-13/h3-5,8-9,12,14H,6-7,10-11H2,1-2H3. The predicted octanol–water partition coefficient (Wildman–Crippen LogP) is 3.67. The lowest BCUT2D eigenvalue weighted by molar-refractivity contribution is 0.0689. The molecular formula is C17H21N3O. The van der Waals surface area contributed by atoms with E-state index in [1.165, 1.54) is 6.42 Å². The van der Waals surface area contributed by atoms with Gasteiger partial charge in [-0.1, -0.05) is 50.1 Å². The Morgan fingerprint density at radius 3 is 2.71 bits per heavy atom. The number of hydrogen-bond acceptors (Lipinski definition) is 3. The van der Waals surface area contributed by atoms with E-state index in [-0.39, 0.29) is 17.1 Å². The topological polar surface area (TPSA) is 47.8 Å². The van der Waals surface area contributed by atoms with Crippen molar-refractivity contribution in [3.05, 3.63) is 42.2 Å². The lowest BCUT2D eigenvalue weighted by Gasteiger charge is -2.37. The van der Waals surface area contributed by atoms with E-state index >= 15 is 0 Å². The van der Waals surface area contributed by atoms with Gasteiger partial charge in [-0.2, -0.15) is 0 Å². The van der Waals surface area contributed by atoms with Crippen molar-refractivity contribution in [1.82, 2.24) is 15.0 Å². The quantitative estimate of drug-likeness (QED) is 0.807. The molecule has 2 aromatic rings. The zero-order valence-corrected chi connectivity index (χ0v) is 12.6. The summed E-state index contributed by atoms with van der Waals surface area (Å²) in [5.41, 5.74) is 1.54. The molecule has 0 spiro atoms. The summed E-state index contributed by atoms with van der Waals surface area (Å²) < 4.78 is 1.66. The second-order valence-corrected chi connectivity index (χ2v) is 6.52. The Labute approximate surface area is 125 Å². The molecule has 0 amide bonds. The molecule has 0 bridgehead atoms. The number of carbonyl (C=O) groups is 1. The van der Waals surface area contributed by atoms with Crippen molar-refractivity contribution >= 4 is 5.78 Å². The second-order valence-electron chi connectivity index (χ2n) is 6.52. The van der Waals surface area contributed by atoms with E-state index in [1.54, 1.807) is 10.9 Å². The number of benzene rings is 1. The Hall–Kier alpha value is -1.97. The largest absolute Gasteiger partial charge is 0.292 e. The van der Waals surface area contributed by atoms with E-state index in [0.29, 0.717) is 5.69 Å². The number of ketones is 1. The Morgan fingerprint density at radius 1 is 1.24 bits per heavy atom. The molecule has 1 aliphatic carbocycles. The van der Waals surface area contributed by atoms with E-state index in [9.17, 15) is 4.79 Å². The number of nitrogens with zero attached hydrogens (tertiary/aromatic N) is 3. The highest BCUT2D eigenvalue weighted by molar-refractivity contribution is 5.97. The summed E-state index contributed by atoms with van der Waals surface area (Å²) in [6.07, 6.45) is 6.02. The first-order valence-electron chi connectivity index (χ1n) is 7.60. The first-order valence-corrected chi connectivity index (χ1v) is 7.60. The highest BCUT2D eigenvalue weighted by Gasteiger charge is 2.38. The average Bonchev–Trinajstić information content (AvgIpc) is 2.96. The third-order valence-electron chi connectivity index (χ3n) is 4.63. The Morgan fingerprint density at radius 2 is 2.00 bits per heavy atom. The molecule has 21 heavy (non-hydrogen) atoms. The van der Waals surface area contributed by atoms with E-state index in [0.717, 1.165) is 24.9 Å². The number of rotatable bonds is 3. The van der Waals surface area contributed by atoms with E-state index in [2.05, 4.69) is 24.2 Å². The minimum Gasteiger partial charge on any atom is -0.292 e. The third kappa shape index (κ3) is 2.62. The van der Waals surface area contributed by atoms with E-state index in [4.69, 9.17) is 0 Å². The summed E-state index contributed by atoms with van der Waals surface area (Å²) in [7, 11) is 0. The van der Waals surface area contributed by atoms with Crippen molar-refractivity contribution in [2.24, 2.45) is 11.3 Å². The summed E-state index contributed by atoms with van der Waals surface area (Å²) in [6.45, 7) is 4.40. The van der Waals surface area contributed by atoms with Gasteiger partial charge in [-0.15, -0.1) is 5.10 Å². The van der Waals surface area contributed by atoms with Gasteiger partial charge in [0.1, 0.15) is 5.69 Å². The summed E-state index contributed by atoms with van der Waals surface area (Å²) in [5.74, 6) is 0.237. The molecule has 1 unspecified atom stereocenters. The average molecular weight is 283 g/mol. The van der Waals surface area contributed by atoms with Gasteiger partial charge in [0.05, 0.1) is 11.9 Å². The van der Waals surface area contributed by atoms with Crippen LogP contribution in [0.5, 0.6) is 0 Å². The molecule has 110 valence electrons. The Balaban J connectivity index is 1.95. The first-order chi connectivity index (χ1) is 10.1. The third-order valence-corrected chi connectivity index (χ3v) is 4.63. The van der Waals surface area contributed by atoms with Crippen LogP contribution in [-0.4, -0.2) is 20.8 Å². The lowest BCUT2D eigenvalue weighted by Crippen LogP contribution is -2.35. The molecule has 1 atom stereocenters. The molecule has 1 aromatic heterocycles. The van der Waals surface area contributed by atoms with Crippen LogP contribution < -0.4 is 0 Å². The van der Waals surface area contributed by atoms with Gasteiger partial charge in [0.25, 0.3) is 0 Å². The minimum absolute atomic E-state index is 0.0567. The Bertz CT molecular complexity index is 630. The Kier molecular flexibility index (Phi) is 3.62. The normalized spacial score (nSPS) is 21.1. The fourth-order valence-electron chi connectivity index (χ4n) is 3.32. The van der Waals surface area contributed by atoms with Crippen LogP contribution in [0.4, 0.5) is 0 Å². The summed E-state index contributed by atoms with van der Waals surface area (Å²) in [5, 5.41) is 8.05. The van der Waals surface area contributed by atoms with Crippen molar-refractivity contribution in [2.75, 3.05) is 0 Å². The van der Waals surface area contributed by atoms with Gasteiger partial charge >= 0.3 is 0 Å². The highest BCUT2D eigenvalue weighted by atomic mass is 16.1. The first kappa shape index (κ1) is 14.0. The highest BCUT2D eigenvalue weighted by Crippen LogP contribution is 2.42. The lowest BCUT2D eigenvalue weighted by atomic mass is 9.67. The van der Waals surface area contributed by atoms with Crippen LogP contribution in [0.2, 0.25) is 0 Å². The van der Waals surface area contributed by atoms with Gasteiger partial charge in [-0.3, -0.25) is 4.79 Å². The van der Waals surface area contributed by atoms with E-state index < -0.39 is 0 Å². The van der Waals surface area contributed by atoms with Crippen molar-refractivity contribution in [3.8, 4) is 5.69 Å². The molecule has 1 saturated carbocycles. The van der Waals surface area contributed by atoms with Crippen LogP contribution in [0.15, 0.2) is 36.5 Å². The molecule has 1 fully saturated rings. The van der Waals surface area contributed by atoms with E-state index in [1.807, 2.05) is 30.3 Å². The monoisotopic (exact) mass is 283 g/mol. The van der Waals surface area contributed by atoms with Gasteiger partial charge in [0, 0.05) is 5.92 Å². The summed E-state index contributed by atoms with van der Waals surface area (Å²) in [6, 6.07) is 9.72. The van der Waals surface area contributed by atoms with Crippen molar-refractivity contribution in [1.29, 1.82) is 0 Å². The maximum Gasteiger partial charge on any atom is 0.186 e. The van der Waals surface area contributed by atoms with Gasteiger partial charge in [0.15, 0.2) is 5.78 Å². The van der Waals surface area contributed by atoms with Crippen molar-refractivity contribution in [3.63, 3.8) is 0 Å². The van der Waals surface area contributed by atoms with Crippen molar-refractivity contribution < 1.29 is 4.79 Å². The number of Topliss-reactive ketones (excluding diaryl/α,β-unsaturated/α-hetero) is 1. The molecule has 0 aliphatic heterocycles. The SMILES string of the molecule is CC1(C)CCCCC1C(=O)c1cnnn1-c1ccccc1. The summed E-state index contributed by atoms with van der Waals surface area (Å²) >= 11 is 0. The van der Waals surface area contributed by atoms with Gasteiger partial charge in [-0.25, -0.2) is 4.68 Å². The molecule has 1 heterocycles. The predicted molar refractivity (Wildman–Crippen MR) is 81.4 cm³/mol. The second kappa shape index (κ2) is 5.43. The van der Waals surface area contributed by atoms with Crippen LogP contribution in [0, 0.1) is 11.3 Å². The van der Waals surface area contributed by atoms with Crippen LogP contribution in [-0.2, 0) is 0 Å². The molecular weight excluding hydrogens is 262 g/mol. The van der Waals surface area contributed by atoms with Crippen LogP contribution >= 0.6 is 0 Å². The molecule has 4 heteroatoms. The summed E-state index contributed by atoms with van der Waals surface area (Å²) in [4.78, 5) is 13.0. The zero-order valence-electron chi connectivity index (χ0n) is 12.6. The number of aromatic nitrogens is 3. The van der Waals surface area contributed by atoms with Crippen LogP contribution in [0.1, 0.15) is 50.0 Å². The fraction of sp³-hybridized carbons (Fsp3) is 0.471. The molecule has 0 saturated heterocycles.